The number of hydrogen-bond acceptors (Lipinski definition) is 2. The van der Waals surface area contributed by atoms with Gasteiger partial charge in [-0.3, -0.25) is 4.79 Å². The van der Waals surface area contributed by atoms with Crippen molar-refractivity contribution in [3.05, 3.63) is 65.5 Å². The van der Waals surface area contributed by atoms with Crippen LogP contribution >= 0.6 is 0 Å². The summed E-state index contributed by atoms with van der Waals surface area (Å²) in [6.07, 6.45) is 0.183. The Morgan fingerprint density at radius 3 is 2.58 bits per heavy atom. The Balaban J connectivity index is 1.99. The summed E-state index contributed by atoms with van der Waals surface area (Å²) in [5.74, 6) is -0.619. The van der Waals surface area contributed by atoms with Crippen molar-refractivity contribution >= 4 is 11.6 Å². The van der Waals surface area contributed by atoms with Gasteiger partial charge in [-0.15, -0.1) is 0 Å². The van der Waals surface area contributed by atoms with Gasteiger partial charge in [0.1, 0.15) is 5.82 Å². The molecular weight excluding hydrogens is 243 g/mol. The standard InChI is InChI=1S/C15H11FN2O/c16-13-2-1-3-14(9-13)18-15(19)8-11-4-6-12(10-17)7-5-11/h1-7,9H,8H2,(H,18,19). The summed E-state index contributed by atoms with van der Waals surface area (Å²) >= 11 is 0. The number of halogens is 1. The fraction of sp³-hybridized carbons (Fsp3) is 0.0667. The number of benzene rings is 2. The van der Waals surface area contributed by atoms with E-state index in [0.717, 1.165) is 5.56 Å². The van der Waals surface area contributed by atoms with Crippen LogP contribution in [0.2, 0.25) is 0 Å². The van der Waals surface area contributed by atoms with Gasteiger partial charge < -0.3 is 5.32 Å². The third kappa shape index (κ3) is 3.65. The van der Waals surface area contributed by atoms with Gasteiger partial charge in [-0.2, -0.15) is 5.26 Å². The lowest BCUT2D eigenvalue weighted by Crippen LogP contribution is -2.14. The summed E-state index contributed by atoms with van der Waals surface area (Å²) in [4.78, 5) is 11.7. The molecule has 0 atom stereocenters. The van der Waals surface area contributed by atoms with E-state index < -0.39 is 5.82 Å². The number of nitrogens with zero attached hydrogens (tertiary/aromatic N) is 1. The Morgan fingerprint density at radius 2 is 1.95 bits per heavy atom. The third-order valence-electron chi connectivity index (χ3n) is 2.56. The highest BCUT2D eigenvalue weighted by molar-refractivity contribution is 5.92. The highest BCUT2D eigenvalue weighted by atomic mass is 19.1. The summed E-state index contributed by atoms with van der Waals surface area (Å²) < 4.78 is 12.9. The van der Waals surface area contributed by atoms with Crippen LogP contribution in [0.1, 0.15) is 11.1 Å². The number of hydrogen-bond donors (Lipinski definition) is 1. The SMILES string of the molecule is N#Cc1ccc(CC(=O)Nc2cccc(F)c2)cc1. The van der Waals surface area contributed by atoms with E-state index in [4.69, 9.17) is 5.26 Å². The zero-order valence-corrected chi connectivity index (χ0v) is 10.1. The molecule has 3 nitrogen and oxygen atoms in total. The molecule has 0 aromatic heterocycles. The quantitative estimate of drug-likeness (QED) is 0.915. The lowest BCUT2D eigenvalue weighted by Gasteiger charge is -2.05. The van der Waals surface area contributed by atoms with Gasteiger partial charge in [-0.25, -0.2) is 4.39 Å². The van der Waals surface area contributed by atoms with Crippen molar-refractivity contribution < 1.29 is 9.18 Å². The molecule has 0 bridgehead atoms. The summed E-state index contributed by atoms with van der Waals surface area (Å²) in [6, 6.07) is 14.5. The van der Waals surface area contributed by atoms with Crippen LogP contribution in [0.15, 0.2) is 48.5 Å². The largest absolute Gasteiger partial charge is 0.326 e. The lowest BCUT2D eigenvalue weighted by atomic mass is 10.1. The number of carbonyl (C=O) groups is 1. The van der Waals surface area contributed by atoms with E-state index in [1.165, 1.54) is 18.2 Å². The summed E-state index contributed by atoms with van der Waals surface area (Å²) in [6.45, 7) is 0. The number of carbonyl (C=O) groups excluding carboxylic acids is 1. The number of rotatable bonds is 3. The molecule has 0 unspecified atom stereocenters. The van der Waals surface area contributed by atoms with Crippen molar-refractivity contribution in [3.8, 4) is 6.07 Å². The minimum absolute atomic E-state index is 0.183. The molecule has 1 N–H and O–H groups in total. The Kier molecular flexibility index (Phi) is 3.89. The van der Waals surface area contributed by atoms with E-state index in [-0.39, 0.29) is 12.3 Å². The first kappa shape index (κ1) is 12.8. The van der Waals surface area contributed by atoms with Crippen molar-refractivity contribution in [1.82, 2.24) is 0 Å². The predicted molar refractivity (Wildman–Crippen MR) is 69.9 cm³/mol. The molecular formula is C15H11FN2O. The van der Waals surface area contributed by atoms with Crippen LogP contribution in [0.5, 0.6) is 0 Å². The van der Waals surface area contributed by atoms with Crippen LogP contribution in [-0.4, -0.2) is 5.91 Å². The smallest absolute Gasteiger partial charge is 0.228 e. The number of anilines is 1. The van der Waals surface area contributed by atoms with Gasteiger partial charge in [0, 0.05) is 5.69 Å². The van der Waals surface area contributed by atoms with Gasteiger partial charge in [0.05, 0.1) is 18.1 Å². The van der Waals surface area contributed by atoms with Gasteiger partial charge in [-0.05, 0) is 35.9 Å². The number of nitriles is 1. The second-order valence-electron chi connectivity index (χ2n) is 4.04. The van der Waals surface area contributed by atoms with Crippen molar-refractivity contribution in [2.75, 3.05) is 5.32 Å². The zero-order valence-electron chi connectivity index (χ0n) is 10.1. The fourth-order valence-corrected chi connectivity index (χ4v) is 1.65. The first-order valence-electron chi connectivity index (χ1n) is 5.72. The first-order chi connectivity index (χ1) is 9.17. The lowest BCUT2D eigenvalue weighted by molar-refractivity contribution is -0.115. The molecule has 0 saturated heterocycles. The van der Waals surface area contributed by atoms with Crippen LogP contribution in [0.4, 0.5) is 10.1 Å². The van der Waals surface area contributed by atoms with E-state index in [1.807, 2.05) is 6.07 Å². The summed E-state index contributed by atoms with van der Waals surface area (Å²) in [5, 5.41) is 11.3. The average molecular weight is 254 g/mol. The van der Waals surface area contributed by atoms with Crippen LogP contribution in [0, 0.1) is 17.1 Å². The maximum atomic E-state index is 12.9. The Bertz CT molecular complexity index is 629. The van der Waals surface area contributed by atoms with Crippen LogP contribution in [0.3, 0.4) is 0 Å². The highest BCUT2D eigenvalue weighted by Crippen LogP contribution is 2.10. The molecule has 0 radical (unpaired) electrons. The molecule has 4 heteroatoms. The van der Waals surface area contributed by atoms with Gasteiger partial charge in [-0.1, -0.05) is 18.2 Å². The minimum Gasteiger partial charge on any atom is -0.326 e. The van der Waals surface area contributed by atoms with Crippen molar-refractivity contribution in [2.45, 2.75) is 6.42 Å². The summed E-state index contributed by atoms with van der Waals surface area (Å²) in [7, 11) is 0. The Hall–Kier alpha value is -2.67. The normalized spacial score (nSPS) is 9.68. The van der Waals surface area contributed by atoms with E-state index in [0.29, 0.717) is 11.3 Å². The molecule has 0 heterocycles. The number of nitrogens with one attached hydrogen (secondary N) is 1. The van der Waals surface area contributed by atoms with E-state index >= 15 is 0 Å². The maximum absolute atomic E-state index is 12.9. The minimum atomic E-state index is -0.392. The van der Waals surface area contributed by atoms with E-state index in [1.54, 1.807) is 30.3 Å². The van der Waals surface area contributed by atoms with E-state index in [9.17, 15) is 9.18 Å². The average Bonchev–Trinajstić information content (AvgIpc) is 2.39. The monoisotopic (exact) mass is 254 g/mol. The topological polar surface area (TPSA) is 52.9 Å². The van der Waals surface area contributed by atoms with Gasteiger partial charge in [0.2, 0.25) is 5.91 Å². The molecule has 1 amide bonds. The molecule has 0 aliphatic carbocycles. The van der Waals surface area contributed by atoms with E-state index in [2.05, 4.69) is 5.32 Å². The van der Waals surface area contributed by atoms with Crippen molar-refractivity contribution in [1.29, 1.82) is 5.26 Å². The second kappa shape index (κ2) is 5.78. The molecule has 0 saturated carbocycles. The molecule has 2 aromatic rings. The number of amides is 1. The Morgan fingerprint density at radius 1 is 1.21 bits per heavy atom. The van der Waals surface area contributed by atoms with Crippen LogP contribution < -0.4 is 5.32 Å². The predicted octanol–water partition coefficient (Wildman–Crippen LogP) is 2.88. The highest BCUT2D eigenvalue weighted by Gasteiger charge is 2.04. The zero-order chi connectivity index (χ0) is 13.7. The van der Waals surface area contributed by atoms with Crippen LogP contribution in [0.25, 0.3) is 0 Å². The van der Waals surface area contributed by atoms with Crippen molar-refractivity contribution in [2.24, 2.45) is 0 Å². The first-order valence-corrected chi connectivity index (χ1v) is 5.72. The van der Waals surface area contributed by atoms with Crippen molar-refractivity contribution in [3.63, 3.8) is 0 Å². The molecule has 19 heavy (non-hydrogen) atoms. The third-order valence-corrected chi connectivity index (χ3v) is 2.56. The van der Waals surface area contributed by atoms with Gasteiger partial charge >= 0.3 is 0 Å². The molecule has 0 aliphatic heterocycles. The fourth-order valence-electron chi connectivity index (χ4n) is 1.65. The molecule has 94 valence electrons. The molecule has 0 fully saturated rings. The molecule has 0 spiro atoms. The molecule has 0 aliphatic rings. The van der Waals surface area contributed by atoms with Gasteiger partial charge in [0.15, 0.2) is 0 Å². The van der Waals surface area contributed by atoms with Crippen LogP contribution in [-0.2, 0) is 11.2 Å². The molecule has 2 aromatic carbocycles. The second-order valence-corrected chi connectivity index (χ2v) is 4.04. The maximum Gasteiger partial charge on any atom is 0.228 e. The molecule has 2 rings (SSSR count). The Labute approximate surface area is 110 Å². The van der Waals surface area contributed by atoms with Gasteiger partial charge in [0.25, 0.3) is 0 Å². The summed E-state index contributed by atoms with van der Waals surface area (Å²) in [5.41, 5.74) is 1.78.